The minimum Gasteiger partial charge on any atom is -0.396 e. The van der Waals surface area contributed by atoms with Gasteiger partial charge in [0.25, 0.3) is 5.91 Å². The Hall–Kier alpha value is -3.50. The van der Waals surface area contributed by atoms with Crippen LogP contribution in [0.3, 0.4) is 0 Å². The second kappa shape index (κ2) is 11.5. The number of amides is 1. The number of ether oxygens (including phenoxy) is 1. The van der Waals surface area contributed by atoms with Crippen molar-refractivity contribution in [3.05, 3.63) is 71.3 Å². The van der Waals surface area contributed by atoms with Gasteiger partial charge in [-0.3, -0.25) is 14.8 Å². The second-order valence-corrected chi connectivity index (χ2v) is 9.08. The Morgan fingerprint density at radius 2 is 1.97 bits per heavy atom. The van der Waals surface area contributed by atoms with Crippen molar-refractivity contribution in [1.29, 1.82) is 0 Å². The van der Waals surface area contributed by atoms with Crippen molar-refractivity contribution in [2.24, 2.45) is 5.92 Å². The highest BCUT2D eigenvalue weighted by molar-refractivity contribution is 6.04. The predicted octanol–water partition coefficient (Wildman–Crippen LogP) is 5.12. The van der Waals surface area contributed by atoms with Gasteiger partial charge in [0.15, 0.2) is 0 Å². The van der Waals surface area contributed by atoms with Gasteiger partial charge in [-0.1, -0.05) is 19.9 Å². The van der Waals surface area contributed by atoms with Crippen molar-refractivity contribution >= 4 is 17.3 Å². The SMILES string of the molecule is CC.Cc1ccc(NC(=O)c2ccnc(C(F)(F)F)c2)cc1-c1cnc2c(c1)N1CCOCC1C(CO)C2. The minimum atomic E-state index is -4.64. The number of aromatic nitrogens is 2. The average molecular weight is 529 g/mol. The molecule has 3 aromatic rings. The fraction of sp³-hybridized carbons (Fsp3) is 0.393. The molecule has 7 nitrogen and oxygen atoms in total. The summed E-state index contributed by atoms with van der Waals surface area (Å²) in [5, 5.41) is 12.5. The highest BCUT2D eigenvalue weighted by Crippen LogP contribution is 2.38. The fourth-order valence-electron chi connectivity index (χ4n) is 4.86. The standard InChI is InChI=1S/C26H25F3N4O3.C2H6/c1-15-2-3-19(32-25(35)16-4-5-30-24(10-16)26(27,28)29)11-20(15)17-9-22-21(31-12-17)8-18(13-34)23-14-36-7-6-33(22)23;1-2/h2-5,9-12,18,23,34H,6-8,13-14H2,1H3,(H,32,35);1-2H3. The molecule has 0 bridgehead atoms. The third kappa shape index (κ3) is 5.66. The van der Waals surface area contributed by atoms with Crippen molar-refractivity contribution in [1.82, 2.24) is 9.97 Å². The summed E-state index contributed by atoms with van der Waals surface area (Å²) >= 11 is 0. The van der Waals surface area contributed by atoms with Gasteiger partial charge in [0.1, 0.15) is 5.69 Å². The van der Waals surface area contributed by atoms with Crippen LogP contribution < -0.4 is 10.2 Å². The summed E-state index contributed by atoms with van der Waals surface area (Å²) in [7, 11) is 0. The third-order valence-corrected chi connectivity index (χ3v) is 6.78. The summed E-state index contributed by atoms with van der Waals surface area (Å²) in [6.07, 6.45) is -1.22. The number of alkyl halides is 3. The molecule has 0 radical (unpaired) electrons. The molecule has 202 valence electrons. The van der Waals surface area contributed by atoms with Crippen molar-refractivity contribution in [2.45, 2.75) is 39.4 Å². The van der Waals surface area contributed by atoms with Gasteiger partial charge in [-0.15, -0.1) is 0 Å². The summed E-state index contributed by atoms with van der Waals surface area (Å²) in [6, 6.07) is 9.47. The number of fused-ring (bicyclic) bond motifs is 3. The fourth-order valence-corrected chi connectivity index (χ4v) is 4.86. The lowest BCUT2D eigenvalue weighted by Gasteiger charge is -2.45. The zero-order valence-electron chi connectivity index (χ0n) is 21.5. The molecule has 4 heterocycles. The normalized spacial score (nSPS) is 18.6. The van der Waals surface area contributed by atoms with Gasteiger partial charge in [-0.2, -0.15) is 13.2 Å². The number of carbonyl (C=O) groups is 1. The van der Waals surface area contributed by atoms with Crippen molar-refractivity contribution in [3.8, 4) is 11.1 Å². The predicted molar refractivity (Wildman–Crippen MR) is 139 cm³/mol. The van der Waals surface area contributed by atoms with Crippen LogP contribution in [0.1, 0.15) is 41.2 Å². The highest BCUT2D eigenvalue weighted by atomic mass is 19.4. The monoisotopic (exact) mass is 528 g/mol. The van der Waals surface area contributed by atoms with Gasteiger partial charge >= 0.3 is 6.18 Å². The van der Waals surface area contributed by atoms with Crippen LogP contribution in [0.4, 0.5) is 24.5 Å². The first-order valence-corrected chi connectivity index (χ1v) is 12.6. The highest BCUT2D eigenvalue weighted by Gasteiger charge is 2.37. The molecular formula is C28H31F3N4O3. The molecule has 1 saturated heterocycles. The maximum Gasteiger partial charge on any atom is 0.433 e. The molecule has 0 aliphatic carbocycles. The lowest BCUT2D eigenvalue weighted by atomic mass is 9.87. The molecule has 0 spiro atoms. The molecule has 2 N–H and O–H groups in total. The number of morpholine rings is 1. The second-order valence-electron chi connectivity index (χ2n) is 9.08. The number of anilines is 2. The largest absolute Gasteiger partial charge is 0.433 e. The number of aryl methyl sites for hydroxylation is 1. The molecule has 2 aliphatic rings. The van der Waals surface area contributed by atoms with E-state index in [0.29, 0.717) is 31.9 Å². The number of benzene rings is 1. The van der Waals surface area contributed by atoms with E-state index in [9.17, 15) is 23.1 Å². The van der Waals surface area contributed by atoms with E-state index in [1.54, 1.807) is 18.3 Å². The number of pyridine rings is 2. The van der Waals surface area contributed by atoms with Gasteiger partial charge in [-0.25, -0.2) is 0 Å². The molecule has 10 heteroatoms. The Morgan fingerprint density at radius 1 is 1.18 bits per heavy atom. The van der Waals surface area contributed by atoms with Crippen LogP contribution in [0.25, 0.3) is 11.1 Å². The summed E-state index contributed by atoms with van der Waals surface area (Å²) in [4.78, 5) is 22.9. The minimum absolute atomic E-state index is 0.0578. The molecular weight excluding hydrogens is 497 g/mol. The number of aliphatic hydroxyl groups is 1. The van der Waals surface area contributed by atoms with Gasteiger partial charge in [-0.05, 0) is 54.8 Å². The van der Waals surface area contributed by atoms with E-state index in [2.05, 4.69) is 21.3 Å². The molecule has 2 aliphatic heterocycles. The molecule has 2 aromatic heterocycles. The Bertz CT molecular complexity index is 1300. The van der Waals surface area contributed by atoms with E-state index >= 15 is 0 Å². The maximum atomic E-state index is 13.0. The number of hydrogen-bond acceptors (Lipinski definition) is 6. The van der Waals surface area contributed by atoms with Crippen molar-refractivity contribution in [3.63, 3.8) is 0 Å². The van der Waals surface area contributed by atoms with Crippen LogP contribution in [-0.4, -0.2) is 53.4 Å². The van der Waals surface area contributed by atoms with Crippen LogP contribution in [0, 0.1) is 12.8 Å². The lowest BCUT2D eigenvalue weighted by molar-refractivity contribution is -0.141. The molecule has 2 atom stereocenters. The van der Waals surface area contributed by atoms with Crippen LogP contribution in [0.15, 0.2) is 48.8 Å². The molecule has 0 saturated carbocycles. The number of nitrogens with zero attached hydrogens (tertiary/aromatic N) is 3. The van der Waals surface area contributed by atoms with Crippen molar-refractivity contribution < 1.29 is 27.8 Å². The number of aliphatic hydroxyl groups excluding tert-OH is 1. The number of nitrogens with one attached hydrogen (secondary N) is 1. The summed E-state index contributed by atoms with van der Waals surface area (Å²) in [5.41, 5.74) is 3.80. The van der Waals surface area contributed by atoms with E-state index in [-0.39, 0.29) is 24.1 Å². The molecule has 2 unspecified atom stereocenters. The van der Waals surface area contributed by atoms with Crippen LogP contribution in [-0.2, 0) is 17.3 Å². The lowest BCUT2D eigenvalue weighted by Crippen LogP contribution is -2.54. The third-order valence-electron chi connectivity index (χ3n) is 6.78. The summed E-state index contributed by atoms with van der Waals surface area (Å²) in [5.74, 6) is -0.602. The van der Waals surface area contributed by atoms with Gasteiger partial charge < -0.3 is 20.1 Å². The first kappa shape index (κ1) is 27.5. The number of halogens is 3. The Labute approximate surface area is 219 Å². The van der Waals surface area contributed by atoms with E-state index in [1.807, 2.05) is 26.8 Å². The van der Waals surface area contributed by atoms with Gasteiger partial charge in [0, 0.05) is 48.3 Å². The topological polar surface area (TPSA) is 87.6 Å². The Morgan fingerprint density at radius 3 is 2.71 bits per heavy atom. The first-order valence-electron chi connectivity index (χ1n) is 12.6. The molecule has 1 fully saturated rings. The average Bonchev–Trinajstić information content (AvgIpc) is 2.94. The number of carbonyl (C=O) groups excluding carboxylic acids is 1. The maximum absolute atomic E-state index is 13.0. The van der Waals surface area contributed by atoms with Gasteiger partial charge in [0.05, 0.1) is 30.6 Å². The molecule has 1 aromatic carbocycles. The summed E-state index contributed by atoms with van der Waals surface area (Å²) in [6.45, 7) is 7.87. The first-order chi connectivity index (χ1) is 18.2. The number of hydrogen-bond donors (Lipinski definition) is 2. The molecule has 1 amide bonds. The van der Waals surface area contributed by atoms with Crippen LogP contribution in [0.5, 0.6) is 0 Å². The van der Waals surface area contributed by atoms with E-state index in [4.69, 9.17) is 9.72 Å². The van der Waals surface area contributed by atoms with E-state index in [0.717, 1.165) is 40.3 Å². The molecule has 38 heavy (non-hydrogen) atoms. The van der Waals surface area contributed by atoms with Gasteiger partial charge in [0.2, 0.25) is 0 Å². The smallest absolute Gasteiger partial charge is 0.396 e. The quantitative estimate of drug-likeness (QED) is 0.489. The number of rotatable bonds is 4. The van der Waals surface area contributed by atoms with E-state index in [1.165, 1.54) is 6.07 Å². The summed E-state index contributed by atoms with van der Waals surface area (Å²) < 4.78 is 44.6. The molecule has 5 rings (SSSR count). The van der Waals surface area contributed by atoms with Crippen molar-refractivity contribution in [2.75, 3.05) is 36.6 Å². The zero-order valence-corrected chi connectivity index (χ0v) is 21.5. The Balaban J connectivity index is 0.00000164. The Kier molecular flexibility index (Phi) is 8.32. The van der Waals surface area contributed by atoms with Crippen LogP contribution in [0.2, 0.25) is 0 Å². The van der Waals surface area contributed by atoms with E-state index < -0.39 is 17.8 Å². The zero-order chi connectivity index (χ0) is 27.4. The van der Waals surface area contributed by atoms with Crippen LogP contribution >= 0.6 is 0 Å².